The van der Waals surface area contributed by atoms with Gasteiger partial charge in [-0.05, 0) is 79.8 Å². The predicted molar refractivity (Wildman–Crippen MR) is 315 cm³/mol. The number of hydrogen-bond donors (Lipinski definition) is 7. The van der Waals surface area contributed by atoms with E-state index in [0.29, 0.717) is 61.5 Å². The number of ether oxygens (including phenoxy) is 8. The molecule has 0 aromatic heterocycles. The topological polar surface area (TPSA) is 323 Å². The van der Waals surface area contributed by atoms with Gasteiger partial charge in [-0.3, -0.25) is 38.4 Å². The Morgan fingerprint density at radius 3 is 2.08 bits per heavy atom. The lowest BCUT2D eigenvalue weighted by molar-refractivity contribution is -0.179. The van der Waals surface area contributed by atoms with Crippen molar-refractivity contribution >= 4 is 65.0 Å². The number of nitrogens with one attached hydrogen (secondary N) is 6. The third-order valence-electron chi connectivity index (χ3n) is 14.2. The van der Waals surface area contributed by atoms with Gasteiger partial charge in [-0.1, -0.05) is 82.6 Å². The van der Waals surface area contributed by atoms with Gasteiger partial charge in [0.05, 0.1) is 69.9 Å². The summed E-state index contributed by atoms with van der Waals surface area (Å²) in [5.74, 6) is -6.42. The van der Waals surface area contributed by atoms with Crippen LogP contribution in [0.15, 0.2) is 54.6 Å². The summed E-state index contributed by atoms with van der Waals surface area (Å²) in [5, 5.41) is 25.8. The first-order valence-corrected chi connectivity index (χ1v) is 29.6. The van der Waals surface area contributed by atoms with Crippen LogP contribution in [-0.4, -0.2) is 168 Å². The van der Waals surface area contributed by atoms with Crippen LogP contribution < -0.4 is 36.6 Å². The molecule has 478 valence electrons. The Kier molecular flexibility index (Phi) is 31.0. The van der Waals surface area contributed by atoms with Crippen molar-refractivity contribution in [3.8, 4) is 5.75 Å². The Labute approximate surface area is 508 Å². The van der Waals surface area contributed by atoms with Gasteiger partial charge >= 0.3 is 17.9 Å². The number of benzene rings is 2. The molecular weight excluding hydrogens is 1140 g/mol. The number of methoxy groups -OCH3 is 2. The molecule has 0 radical (unpaired) electrons. The van der Waals surface area contributed by atoms with Gasteiger partial charge in [-0.15, -0.1) is 0 Å². The van der Waals surface area contributed by atoms with Gasteiger partial charge in [-0.25, -0.2) is 4.79 Å². The van der Waals surface area contributed by atoms with Crippen molar-refractivity contribution in [1.82, 2.24) is 31.9 Å². The van der Waals surface area contributed by atoms with Crippen molar-refractivity contribution < 1.29 is 86.2 Å². The van der Waals surface area contributed by atoms with Crippen LogP contribution in [0.5, 0.6) is 5.75 Å². The first-order chi connectivity index (χ1) is 40.9. The molecule has 3 unspecified atom stereocenters. The number of amides is 6. The third-order valence-corrected chi connectivity index (χ3v) is 14.4. The quantitative estimate of drug-likeness (QED) is 0.0293. The summed E-state index contributed by atoms with van der Waals surface area (Å²) in [5.41, 5.74) is 0.797. The lowest BCUT2D eigenvalue weighted by atomic mass is 9.92. The molecule has 2 aliphatic rings. The van der Waals surface area contributed by atoms with Gasteiger partial charge in [-0.2, -0.15) is 0 Å². The van der Waals surface area contributed by atoms with Crippen LogP contribution in [0, 0.1) is 23.2 Å². The minimum Gasteiger partial charge on any atom is -0.495 e. The van der Waals surface area contributed by atoms with Crippen LogP contribution in [0.25, 0.3) is 0 Å². The fourth-order valence-corrected chi connectivity index (χ4v) is 9.26. The van der Waals surface area contributed by atoms with Crippen molar-refractivity contribution in [1.29, 1.82) is 0 Å². The van der Waals surface area contributed by atoms with Crippen molar-refractivity contribution in [3.05, 3.63) is 76.3 Å². The lowest BCUT2D eigenvalue weighted by Crippen LogP contribution is -2.55. The first-order valence-electron chi connectivity index (χ1n) is 29.2. The Morgan fingerprint density at radius 2 is 1.45 bits per heavy atom. The maximum absolute atomic E-state index is 14.0. The maximum Gasteiger partial charge on any atom is 0.347 e. The highest BCUT2D eigenvalue weighted by molar-refractivity contribution is 6.32. The number of carboxylic acid groups (broad SMARTS) is 1. The van der Waals surface area contributed by atoms with E-state index in [9.17, 15) is 43.2 Å². The molecule has 0 saturated carbocycles. The number of aliphatic carboxylic acids is 1. The Bertz CT molecular complexity index is 2580. The van der Waals surface area contributed by atoms with E-state index < -0.39 is 113 Å². The van der Waals surface area contributed by atoms with E-state index in [4.69, 9.17) is 54.6 Å². The average molecular weight is 1230 g/mol. The molecule has 1 saturated heterocycles. The highest BCUT2D eigenvalue weighted by atomic mass is 35.5. The van der Waals surface area contributed by atoms with Crippen molar-refractivity contribution in [2.75, 3.05) is 73.6 Å². The second-order valence-corrected chi connectivity index (χ2v) is 23.0. The minimum absolute atomic E-state index is 0.0251. The van der Waals surface area contributed by atoms with E-state index >= 15 is 0 Å². The molecule has 0 aliphatic carbocycles. The second kappa shape index (κ2) is 37.1. The number of hydrogen-bond acceptors (Lipinski definition) is 17. The SMILES string of the molecule is COCCOCCOCCOCCNC(=O)CCC(NC(=O)C(NC(=O)CCCC(=O)O)C(C)C)C(=O)NCc1ccc([C@H]2O[C@@H]2C(C)[C@@H]2C/C=C/C(=O)N[C@H](Cc3ccc(OC)c(Cl)c3)C(=O)NCC(C)(C)C(=O)O[C@@H](CC(C)C)C(=O)O2)cc1. The smallest absolute Gasteiger partial charge is 0.347 e. The zero-order chi connectivity index (χ0) is 63.3. The maximum atomic E-state index is 14.0. The van der Waals surface area contributed by atoms with Gasteiger partial charge in [0.2, 0.25) is 35.4 Å². The molecule has 7 N–H and O–H groups in total. The Morgan fingerprint density at radius 1 is 0.791 bits per heavy atom. The summed E-state index contributed by atoms with van der Waals surface area (Å²) in [6.07, 6.45) is -0.484. The van der Waals surface area contributed by atoms with Gasteiger partial charge < -0.3 is 74.9 Å². The molecule has 25 heteroatoms. The van der Waals surface area contributed by atoms with Gasteiger partial charge in [0.15, 0.2) is 6.10 Å². The fraction of sp³-hybridized carbons (Fsp3) is 0.623. The lowest BCUT2D eigenvalue weighted by Gasteiger charge is -2.29. The van der Waals surface area contributed by atoms with Crippen molar-refractivity contribution in [3.63, 3.8) is 0 Å². The van der Waals surface area contributed by atoms with Crippen molar-refractivity contribution in [2.45, 2.75) is 149 Å². The molecule has 2 heterocycles. The molecule has 86 heavy (non-hydrogen) atoms. The summed E-state index contributed by atoms with van der Waals surface area (Å²) in [6, 6.07) is 8.90. The monoisotopic (exact) mass is 1230 g/mol. The number of epoxide rings is 1. The largest absolute Gasteiger partial charge is 0.495 e. The minimum atomic E-state index is -1.30. The van der Waals surface area contributed by atoms with Crippen LogP contribution in [-0.2, 0) is 89.3 Å². The van der Waals surface area contributed by atoms with Gasteiger partial charge in [0.1, 0.15) is 36.1 Å². The molecular formula is C61H89ClN6O18. The molecule has 8 atom stereocenters. The number of cyclic esters (lactones) is 2. The molecule has 0 spiro atoms. The highest BCUT2D eigenvalue weighted by Gasteiger charge is 2.48. The first kappa shape index (κ1) is 71.8. The Hall–Kier alpha value is -6.70. The van der Waals surface area contributed by atoms with Crippen LogP contribution >= 0.6 is 11.6 Å². The van der Waals surface area contributed by atoms with Crippen LogP contribution in [0.3, 0.4) is 0 Å². The molecule has 2 aromatic rings. The number of carbonyl (C=O) groups excluding carboxylic acids is 8. The highest BCUT2D eigenvalue weighted by Crippen LogP contribution is 2.45. The molecule has 0 bridgehead atoms. The number of halogens is 1. The normalized spacial score (nSPS) is 20.5. The van der Waals surface area contributed by atoms with Crippen LogP contribution in [0.1, 0.15) is 116 Å². The zero-order valence-corrected chi connectivity index (χ0v) is 51.7. The molecule has 24 nitrogen and oxygen atoms in total. The average Bonchev–Trinajstić information content (AvgIpc) is 3.88. The standard InChI is InChI=1S/C61H89ClN6O18/c1-37(2)32-48-59(77)84-46(12-10-13-50(70)66-45(34-41-18-22-47(80-9)43(62)33-41)57(75)65-36-61(6,7)60(78)85-48)39(5)54-55(86-54)42-19-16-40(17-20-42)35-64-56(74)44(67-58(76)53(38(3)4)68-51(71)14-11-15-52(72)73)21-23-49(69)63-24-25-81-28-29-83-31-30-82-27-26-79-8/h10,13,16-20,22,33,37-39,44-46,48,53-55H,11-12,14-15,21,23-32,34-36H2,1-9H3,(H,63,69)(H,64,74)(H,65,75)(H,66,70)(H,67,76)(H,68,71)(H,72,73)/b13-10+/t39?,44?,45-,46+,48+,53?,54-,55-/m1/s1. The zero-order valence-electron chi connectivity index (χ0n) is 51.0. The van der Waals surface area contributed by atoms with E-state index in [1.165, 1.54) is 13.2 Å². The molecule has 1 fully saturated rings. The summed E-state index contributed by atoms with van der Waals surface area (Å²) < 4.78 is 44.8. The van der Waals surface area contributed by atoms with Crippen molar-refractivity contribution in [2.24, 2.45) is 23.2 Å². The van der Waals surface area contributed by atoms with Crippen LogP contribution in [0.2, 0.25) is 5.02 Å². The third kappa shape index (κ3) is 25.7. The molecule has 2 aromatic carbocycles. The fourth-order valence-electron chi connectivity index (χ4n) is 8.98. The van der Waals surface area contributed by atoms with E-state index in [-0.39, 0.29) is 83.5 Å². The van der Waals surface area contributed by atoms with E-state index in [1.807, 2.05) is 32.9 Å². The van der Waals surface area contributed by atoms with Gasteiger partial charge in [0, 0.05) is 64.8 Å². The summed E-state index contributed by atoms with van der Waals surface area (Å²) >= 11 is 6.39. The number of carbonyl (C=O) groups is 9. The van der Waals surface area contributed by atoms with Gasteiger partial charge in [0.25, 0.3) is 0 Å². The number of rotatable bonds is 34. The molecule has 6 amide bonds. The van der Waals surface area contributed by atoms with E-state index in [2.05, 4.69) is 31.9 Å². The summed E-state index contributed by atoms with van der Waals surface area (Å²) in [4.78, 5) is 119. The molecule has 4 rings (SSSR count). The molecule has 2 aliphatic heterocycles. The number of carboxylic acids is 1. The predicted octanol–water partition coefficient (Wildman–Crippen LogP) is 4.21. The number of esters is 2. The Balaban J connectivity index is 1.44. The van der Waals surface area contributed by atoms with E-state index in [0.717, 1.165) is 5.56 Å². The van der Waals surface area contributed by atoms with Crippen LogP contribution in [0.4, 0.5) is 0 Å². The van der Waals surface area contributed by atoms with E-state index in [1.54, 1.807) is 71.2 Å². The summed E-state index contributed by atoms with van der Waals surface area (Å²) in [7, 11) is 3.07. The summed E-state index contributed by atoms with van der Waals surface area (Å²) in [6.45, 7) is 14.8. The second-order valence-electron chi connectivity index (χ2n) is 22.6.